The maximum atomic E-state index is 5.95. The molecule has 3 heteroatoms. The lowest BCUT2D eigenvalue weighted by Crippen LogP contribution is -1.96. The van der Waals surface area contributed by atoms with Crippen LogP contribution in [0.5, 0.6) is 0 Å². The Kier molecular flexibility index (Phi) is 2.71. The maximum Gasteiger partial charge on any atom is 0.131 e. The summed E-state index contributed by atoms with van der Waals surface area (Å²) >= 11 is 5.95. The molecular weight excluding hydrogens is 172 g/mol. The van der Waals surface area contributed by atoms with Crippen molar-refractivity contribution in [2.45, 2.75) is 13.8 Å². The molecule has 0 unspecified atom stereocenters. The topological polar surface area (TPSA) is 17.8 Å². The average molecular weight is 183 g/mol. The minimum absolute atomic E-state index is 0.574. The Labute approximate surface area is 77.2 Å². The second-order valence-corrected chi connectivity index (χ2v) is 3.09. The number of aryl methyl sites for hydroxylation is 1. The van der Waals surface area contributed by atoms with E-state index in [0.29, 0.717) is 5.16 Å². The van der Waals surface area contributed by atoms with Crippen LogP contribution in [-0.2, 0) is 0 Å². The van der Waals surface area contributed by atoms with Gasteiger partial charge in [-0.25, -0.2) is 4.68 Å². The summed E-state index contributed by atoms with van der Waals surface area (Å²) in [5, 5.41) is 4.62. The number of aromatic nitrogens is 2. The molecule has 0 saturated heterocycles. The van der Waals surface area contributed by atoms with Crippen molar-refractivity contribution >= 4 is 16.8 Å². The minimum atomic E-state index is 0.574. The number of rotatable bonds is 2. The monoisotopic (exact) mass is 182 g/mol. The second kappa shape index (κ2) is 3.59. The highest BCUT2D eigenvalue weighted by molar-refractivity contribution is 6.45. The summed E-state index contributed by atoms with van der Waals surface area (Å²) in [6, 6.07) is 1.90. The van der Waals surface area contributed by atoms with E-state index in [2.05, 4.69) is 11.7 Å². The fraction of sp³-hybridized carbons (Fsp3) is 0.222. The Bertz CT molecular complexity index is 323. The summed E-state index contributed by atoms with van der Waals surface area (Å²) in [6.45, 7) is 7.57. The molecule has 1 rings (SSSR count). The maximum absolute atomic E-state index is 5.95. The van der Waals surface area contributed by atoms with E-state index in [1.165, 1.54) is 0 Å². The normalized spacial score (nSPS) is 11.8. The number of halogens is 1. The van der Waals surface area contributed by atoms with E-state index in [9.17, 15) is 0 Å². The van der Waals surface area contributed by atoms with Crippen LogP contribution < -0.4 is 0 Å². The van der Waals surface area contributed by atoms with Gasteiger partial charge in [0, 0.05) is 11.9 Å². The number of hydrogen-bond acceptors (Lipinski definition) is 1. The van der Waals surface area contributed by atoms with Crippen LogP contribution >= 0.6 is 11.6 Å². The van der Waals surface area contributed by atoms with E-state index in [-0.39, 0.29) is 0 Å². The Balaban J connectivity index is 2.99. The predicted molar refractivity (Wildman–Crippen MR) is 51.9 cm³/mol. The van der Waals surface area contributed by atoms with Gasteiger partial charge in [0.2, 0.25) is 0 Å². The summed E-state index contributed by atoms with van der Waals surface area (Å²) in [4.78, 5) is 0. The highest BCUT2D eigenvalue weighted by Crippen LogP contribution is 2.13. The summed E-state index contributed by atoms with van der Waals surface area (Å²) in [5.41, 5.74) is 1.92. The molecule has 0 aromatic carbocycles. The predicted octanol–water partition coefficient (Wildman–Crippen LogP) is 2.80. The fourth-order valence-corrected chi connectivity index (χ4v) is 1.22. The fourth-order valence-electron chi connectivity index (χ4n) is 0.858. The Morgan fingerprint density at radius 1 is 1.75 bits per heavy atom. The van der Waals surface area contributed by atoms with E-state index in [1.54, 1.807) is 17.0 Å². The first kappa shape index (κ1) is 9.07. The highest BCUT2D eigenvalue weighted by atomic mass is 35.5. The molecule has 1 aromatic rings. The van der Waals surface area contributed by atoms with Crippen molar-refractivity contribution in [2.24, 2.45) is 0 Å². The molecule has 1 heterocycles. The molecule has 1 aromatic heterocycles. The van der Waals surface area contributed by atoms with Gasteiger partial charge >= 0.3 is 0 Å². The molecule has 0 fully saturated rings. The van der Waals surface area contributed by atoms with Crippen LogP contribution in [0.4, 0.5) is 0 Å². The van der Waals surface area contributed by atoms with Crippen LogP contribution in [0.25, 0.3) is 5.16 Å². The van der Waals surface area contributed by atoms with Gasteiger partial charge in [-0.1, -0.05) is 23.8 Å². The number of allylic oxidation sites excluding steroid dienone is 2. The van der Waals surface area contributed by atoms with Crippen molar-refractivity contribution in [3.05, 3.63) is 36.2 Å². The van der Waals surface area contributed by atoms with Gasteiger partial charge < -0.3 is 0 Å². The molecule has 0 spiro atoms. The molecular formula is C9H11ClN2. The summed E-state index contributed by atoms with van der Waals surface area (Å²) < 4.78 is 1.66. The summed E-state index contributed by atoms with van der Waals surface area (Å²) in [6.07, 6.45) is 3.49. The van der Waals surface area contributed by atoms with Crippen molar-refractivity contribution in [3.8, 4) is 0 Å². The second-order valence-electron chi connectivity index (χ2n) is 2.70. The van der Waals surface area contributed by atoms with Crippen LogP contribution in [0.2, 0.25) is 0 Å². The van der Waals surface area contributed by atoms with Gasteiger partial charge in [0.15, 0.2) is 0 Å². The van der Waals surface area contributed by atoms with Crippen LogP contribution in [-0.4, -0.2) is 9.78 Å². The SMILES string of the molecule is C=C(C)/C=C(/Cl)n1nccc1C. The van der Waals surface area contributed by atoms with Gasteiger partial charge in [0.1, 0.15) is 5.16 Å². The Morgan fingerprint density at radius 3 is 2.83 bits per heavy atom. The zero-order chi connectivity index (χ0) is 9.14. The minimum Gasteiger partial charge on any atom is -0.227 e. The summed E-state index contributed by atoms with van der Waals surface area (Å²) in [7, 11) is 0. The molecule has 0 radical (unpaired) electrons. The van der Waals surface area contributed by atoms with Gasteiger partial charge in [-0.15, -0.1) is 0 Å². The van der Waals surface area contributed by atoms with E-state index >= 15 is 0 Å². The van der Waals surface area contributed by atoms with Gasteiger partial charge in [-0.2, -0.15) is 5.10 Å². The smallest absolute Gasteiger partial charge is 0.131 e. The molecule has 0 N–H and O–H groups in total. The zero-order valence-electron chi connectivity index (χ0n) is 7.21. The van der Waals surface area contributed by atoms with Crippen LogP contribution in [0.3, 0.4) is 0 Å². The van der Waals surface area contributed by atoms with E-state index < -0.39 is 0 Å². The quantitative estimate of drug-likeness (QED) is 0.644. The highest BCUT2D eigenvalue weighted by Gasteiger charge is 1.99. The first-order chi connectivity index (χ1) is 5.61. The van der Waals surface area contributed by atoms with Crippen LogP contribution in [0.15, 0.2) is 30.5 Å². The molecule has 0 amide bonds. The van der Waals surface area contributed by atoms with Crippen molar-refractivity contribution in [2.75, 3.05) is 0 Å². The molecule has 0 saturated carbocycles. The van der Waals surface area contributed by atoms with E-state index in [1.807, 2.05) is 19.9 Å². The van der Waals surface area contributed by atoms with E-state index in [4.69, 9.17) is 11.6 Å². The zero-order valence-corrected chi connectivity index (χ0v) is 7.97. The molecule has 2 nitrogen and oxygen atoms in total. The van der Waals surface area contributed by atoms with Crippen LogP contribution in [0.1, 0.15) is 12.6 Å². The molecule has 12 heavy (non-hydrogen) atoms. The molecule has 0 aliphatic carbocycles. The van der Waals surface area contributed by atoms with Gasteiger partial charge in [0.25, 0.3) is 0 Å². The standard InChI is InChI=1S/C9H11ClN2/c1-7(2)6-9(10)12-8(3)4-5-11-12/h4-6H,1H2,2-3H3/b9-6-. The van der Waals surface area contributed by atoms with Gasteiger partial charge in [-0.05, 0) is 26.0 Å². The van der Waals surface area contributed by atoms with Crippen molar-refractivity contribution < 1.29 is 0 Å². The Morgan fingerprint density at radius 2 is 2.42 bits per heavy atom. The van der Waals surface area contributed by atoms with Gasteiger partial charge in [-0.3, -0.25) is 0 Å². The first-order valence-electron chi connectivity index (χ1n) is 3.65. The Hall–Kier alpha value is -1.02. The largest absolute Gasteiger partial charge is 0.227 e. The molecule has 64 valence electrons. The lowest BCUT2D eigenvalue weighted by molar-refractivity contribution is 0.886. The first-order valence-corrected chi connectivity index (χ1v) is 4.03. The molecule has 0 bridgehead atoms. The number of hydrogen-bond donors (Lipinski definition) is 0. The molecule has 0 atom stereocenters. The van der Waals surface area contributed by atoms with Crippen molar-refractivity contribution in [1.29, 1.82) is 0 Å². The third-order valence-corrected chi connectivity index (χ3v) is 1.67. The van der Waals surface area contributed by atoms with Gasteiger partial charge in [0.05, 0.1) is 0 Å². The van der Waals surface area contributed by atoms with Crippen LogP contribution in [0, 0.1) is 6.92 Å². The third kappa shape index (κ3) is 1.98. The lowest BCUT2D eigenvalue weighted by atomic mass is 10.3. The lowest BCUT2D eigenvalue weighted by Gasteiger charge is -2.00. The third-order valence-electron chi connectivity index (χ3n) is 1.40. The molecule has 0 aliphatic heterocycles. The van der Waals surface area contributed by atoms with E-state index in [0.717, 1.165) is 11.3 Å². The molecule has 0 aliphatic rings. The number of nitrogens with zero attached hydrogens (tertiary/aromatic N) is 2. The summed E-state index contributed by atoms with van der Waals surface area (Å²) in [5.74, 6) is 0. The van der Waals surface area contributed by atoms with Crippen molar-refractivity contribution in [1.82, 2.24) is 9.78 Å². The average Bonchev–Trinajstić information content (AvgIpc) is 2.33. The van der Waals surface area contributed by atoms with Crippen molar-refractivity contribution in [3.63, 3.8) is 0 Å².